The first-order valence-corrected chi connectivity index (χ1v) is 11.5. The lowest BCUT2D eigenvalue weighted by molar-refractivity contribution is -0.127. The Morgan fingerprint density at radius 2 is 1.88 bits per heavy atom. The minimum Gasteiger partial charge on any atom is -0.478 e. The number of aromatic nitrogens is 2. The summed E-state index contributed by atoms with van der Waals surface area (Å²) in [5, 5.41) is 0.133. The number of halogens is 1. The average molecular weight is 473 g/mol. The van der Waals surface area contributed by atoms with E-state index < -0.39 is 11.7 Å². The molecule has 0 saturated carbocycles. The predicted octanol–water partition coefficient (Wildman–Crippen LogP) is 3.50. The van der Waals surface area contributed by atoms with Crippen LogP contribution < -0.4 is 4.74 Å². The summed E-state index contributed by atoms with van der Waals surface area (Å²) in [4.78, 5) is 47.9. The molecule has 1 saturated heterocycles. The molecule has 3 rings (SSSR count). The van der Waals surface area contributed by atoms with Crippen molar-refractivity contribution in [2.75, 3.05) is 33.8 Å². The van der Waals surface area contributed by atoms with Gasteiger partial charge in [-0.2, -0.15) is 0 Å². The lowest BCUT2D eigenvalue weighted by Crippen LogP contribution is -2.42. The van der Waals surface area contributed by atoms with Crippen LogP contribution in [0.15, 0.2) is 36.5 Å². The van der Waals surface area contributed by atoms with Gasteiger partial charge in [0.1, 0.15) is 10.8 Å². The van der Waals surface area contributed by atoms with Gasteiger partial charge in [-0.15, -0.1) is 0 Å². The molecule has 3 heterocycles. The number of likely N-dealkylation sites (tertiary alicyclic amines) is 1. The first-order chi connectivity index (χ1) is 15.9. The lowest BCUT2D eigenvalue weighted by Gasteiger charge is -2.31. The van der Waals surface area contributed by atoms with Crippen molar-refractivity contribution in [3.63, 3.8) is 0 Å². The van der Waals surface area contributed by atoms with Crippen molar-refractivity contribution >= 4 is 29.2 Å². The average Bonchev–Trinajstić information content (AvgIpc) is 2.83. The summed E-state index contributed by atoms with van der Waals surface area (Å²) < 4.78 is 5.67. The number of unbranched alkanes of at least 4 members (excludes halogenated alkanes) is 1. The van der Waals surface area contributed by atoms with E-state index in [1.54, 1.807) is 49.3 Å². The largest absolute Gasteiger partial charge is 0.478 e. The van der Waals surface area contributed by atoms with Gasteiger partial charge < -0.3 is 14.5 Å². The highest BCUT2D eigenvalue weighted by Gasteiger charge is 2.28. The van der Waals surface area contributed by atoms with Gasteiger partial charge in [0, 0.05) is 39.4 Å². The van der Waals surface area contributed by atoms with Crippen molar-refractivity contribution in [1.82, 2.24) is 19.8 Å². The van der Waals surface area contributed by atoms with Crippen LogP contribution in [0, 0.1) is 5.92 Å². The third-order valence-corrected chi connectivity index (χ3v) is 6.00. The topological polar surface area (TPSA) is 92.7 Å². The maximum atomic E-state index is 12.4. The number of Topliss-reactive ketones (excluding diaryl/α,β-unsaturated/α-hetero) is 1. The summed E-state index contributed by atoms with van der Waals surface area (Å²) >= 11 is 6.11. The molecule has 9 heteroatoms. The number of nitrogens with zero attached hydrogens (tertiary/aromatic N) is 4. The standard InChI is InChI=1S/C24H29ClN4O4/c1-28(2)23(31)18-9-10-20(27-22(18)25)33-16-6-4-7-17-11-14-29(15-12-17)24(32)21(30)19-8-3-5-13-26-19/h3,5,8-10,13,17H,4,6-7,11-12,14-16H2,1-2H3. The SMILES string of the molecule is CN(C)C(=O)c1ccc(OCCCCC2CCN(C(=O)C(=O)c3ccccn3)CC2)nc1Cl. The molecule has 0 atom stereocenters. The van der Waals surface area contributed by atoms with Crippen LogP contribution in [0.2, 0.25) is 5.15 Å². The molecule has 176 valence electrons. The fourth-order valence-corrected chi connectivity index (χ4v) is 4.01. The Kier molecular flexibility index (Phi) is 8.77. The third kappa shape index (κ3) is 6.74. The lowest BCUT2D eigenvalue weighted by atomic mass is 9.91. The van der Waals surface area contributed by atoms with Crippen LogP contribution in [0.4, 0.5) is 0 Å². The number of ether oxygens (including phenoxy) is 1. The predicted molar refractivity (Wildman–Crippen MR) is 124 cm³/mol. The zero-order valence-corrected chi connectivity index (χ0v) is 19.8. The van der Waals surface area contributed by atoms with Gasteiger partial charge in [0.25, 0.3) is 17.6 Å². The number of carbonyl (C=O) groups excluding carboxylic acids is 3. The quantitative estimate of drug-likeness (QED) is 0.240. The number of ketones is 1. The maximum Gasteiger partial charge on any atom is 0.296 e. The Bertz CT molecular complexity index is 976. The molecule has 2 aromatic heterocycles. The van der Waals surface area contributed by atoms with Crippen molar-refractivity contribution in [2.24, 2.45) is 5.92 Å². The monoisotopic (exact) mass is 472 g/mol. The summed E-state index contributed by atoms with van der Waals surface area (Å²) in [5.41, 5.74) is 0.542. The molecular weight excluding hydrogens is 444 g/mol. The second-order valence-electron chi connectivity index (χ2n) is 8.31. The Labute approximate surface area is 198 Å². The number of piperidine rings is 1. The molecular formula is C24H29ClN4O4. The van der Waals surface area contributed by atoms with E-state index in [-0.39, 0.29) is 16.8 Å². The van der Waals surface area contributed by atoms with Gasteiger partial charge in [0.2, 0.25) is 5.88 Å². The number of amides is 2. The second kappa shape index (κ2) is 11.7. The zero-order valence-electron chi connectivity index (χ0n) is 19.0. The van der Waals surface area contributed by atoms with E-state index in [0.29, 0.717) is 37.1 Å². The van der Waals surface area contributed by atoms with Crippen LogP contribution in [0.25, 0.3) is 0 Å². The molecule has 33 heavy (non-hydrogen) atoms. The molecule has 2 aromatic rings. The van der Waals surface area contributed by atoms with Gasteiger partial charge >= 0.3 is 0 Å². The summed E-state index contributed by atoms with van der Waals surface area (Å²) in [6.45, 7) is 1.71. The summed E-state index contributed by atoms with van der Waals surface area (Å²) in [6.07, 6.45) is 6.21. The molecule has 0 aliphatic carbocycles. The van der Waals surface area contributed by atoms with E-state index in [4.69, 9.17) is 16.3 Å². The van der Waals surface area contributed by atoms with Crippen LogP contribution in [-0.4, -0.2) is 71.2 Å². The number of hydrogen-bond donors (Lipinski definition) is 0. The number of hydrogen-bond acceptors (Lipinski definition) is 6. The van der Waals surface area contributed by atoms with E-state index in [9.17, 15) is 14.4 Å². The number of pyridine rings is 2. The Balaban J connectivity index is 1.34. The van der Waals surface area contributed by atoms with E-state index in [1.807, 2.05) is 0 Å². The van der Waals surface area contributed by atoms with Crippen LogP contribution in [0.1, 0.15) is 53.0 Å². The Hall–Kier alpha value is -3.00. The summed E-state index contributed by atoms with van der Waals surface area (Å²) in [6, 6.07) is 8.27. The van der Waals surface area contributed by atoms with Gasteiger partial charge in [-0.3, -0.25) is 19.4 Å². The smallest absolute Gasteiger partial charge is 0.296 e. The molecule has 0 radical (unpaired) electrons. The molecule has 8 nitrogen and oxygen atoms in total. The van der Waals surface area contributed by atoms with E-state index >= 15 is 0 Å². The molecule has 0 bridgehead atoms. The van der Waals surface area contributed by atoms with Crippen molar-refractivity contribution < 1.29 is 19.1 Å². The summed E-state index contributed by atoms with van der Waals surface area (Å²) in [5.74, 6) is -0.278. The van der Waals surface area contributed by atoms with E-state index in [1.165, 1.54) is 11.1 Å². The maximum absolute atomic E-state index is 12.4. The highest BCUT2D eigenvalue weighted by Crippen LogP contribution is 2.24. The zero-order chi connectivity index (χ0) is 23.8. The van der Waals surface area contributed by atoms with E-state index in [2.05, 4.69) is 9.97 Å². The number of carbonyl (C=O) groups is 3. The van der Waals surface area contributed by atoms with Crippen molar-refractivity contribution in [2.45, 2.75) is 32.1 Å². The fourth-order valence-electron chi connectivity index (χ4n) is 3.79. The van der Waals surface area contributed by atoms with Crippen LogP contribution >= 0.6 is 11.6 Å². The Morgan fingerprint density at radius 1 is 1.12 bits per heavy atom. The van der Waals surface area contributed by atoms with Crippen LogP contribution in [0.3, 0.4) is 0 Å². The molecule has 1 aliphatic rings. The molecule has 1 aliphatic heterocycles. The van der Waals surface area contributed by atoms with Crippen molar-refractivity contribution in [3.05, 3.63) is 52.9 Å². The molecule has 0 unspecified atom stereocenters. The number of rotatable bonds is 9. The van der Waals surface area contributed by atoms with E-state index in [0.717, 1.165) is 32.1 Å². The minimum atomic E-state index is -0.543. The highest BCUT2D eigenvalue weighted by atomic mass is 35.5. The van der Waals surface area contributed by atoms with Gasteiger partial charge in [-0.1, -0.05) is 24.1 Å². The molecule has 2 amide bonds. The molecule has 0 aromatic carbocycles. The highest BCUT2D eigenvalue weighted by molar-refractivity contribution is 6.42. The van der Waals surface area contributed by atoms with Gasteiger partial charge in [-0.25, -0.2) is 4.98 Å². The molecule has 0 spiro atoms. The van der Waals surface area contributed by atoms with Gasteiger partial charge in [0.05, 0.1) is 12.2 Å². The minimum absolute atomic E-state index is 0.133. The first kappa shape index (κ1) is 24.6. The van der Waals surface area contributed by atoms with Gasteiger partial charge in [0.15, 0.2) is 0 Å². The van der Waals surface area contributed by atoms with Gasteiger partial charge in [-0.05, 0) is 49.8 Å². The molecule has 0 N–H and O–H groups in total. The van der Waals surface area contributed by atoms with Crippen molar-refractivity contribution in [3.8, 4) is 5.88 Å². The summed E-state index contributed by atoms with van der Waals surface area (Å²) in [7, 11) is 3.32. The van der Waals surface area contributed by atoms with Crippen LogP contribution in [0.5, 0.6) is 5.88 Å². The van der Waals surface area contributed by atoms with Crippen molar-refractivity contribution in [1.29, 1.82) is 0 Å². The normalized spacial score (nSPS) is 14.1. The first-order valence-electron chi connectivity index (χ1n) is 11.1. The molecule has 1 fully saturated rings. The fraction of sp³-hybridized carbons (Fsp3) is 0.458. The Morgan fingerprint density at radius 3 is 2.52 bits per heavy atom. The van der Waals surface area contributed by atoms with Crippen LogP contribution in [-0.2, 0) is 4.79 Å². The second-order valence-corrected chi connectivity index (χ2v) is 8.67. The third-order valence-electron chi connectivity index (χ3n) is 5.71.